The standard InChI is InChI=1S/C17H18N2O2/c1-3-14(12-17(20)13-7-9-18-10-8-13)19-15-5-4-6-16(11-15)21-2/h4-12,19H,3H2,1-2H3/b14-12-. The van der Waals surface area contributed by atoms with E-state index in [9.17, 15) is 4.79 Å². The number of rotatable bonds is 6. The lowest BCUT2D eigenvalue weighted by Crippen LogP contribution is -2.03. The third-order valence-corrected chi connectivity index (χ3v) is 3.03. The Morgan fingerprint density at radius 1 is 1.29 bits per heavy atom. The van der Waals surface area contributed by atoms with Crippen molar-refractivity contribution in [2.24, 2.45) is 0 Å². The number of allylic oxidation sites excluding steroid dienone is 2. The van der Waals surface area contributed by atoms with Crippen molar-refractivity contribution in [2.45, 2.75) is 13.3 Å². The van der Waals surface area contributed by atoms with Crippen molar-refractivity contribution >= 4 is 11.5 Å². The van der Waals surface area contributed by atoms with Gasteiger partial charge >= 0.3 is 0 Å². The van der Waals surface area contributed by atoms with Crippen LogP contribution in [0, 0.1) is 0 Å². The third-order valence-electron chi connectivity index (χ3n) is 3.03. The molecule has 1 aromatic heterocycles. The molecule has 0 radical (unpaired) electrons. The molecular formula is C17H18N2O2. The summed E-state index contributed by atoms with van der Waals surface area (Å²) in [7, 11) is 1.63. The lowest BCUT2D eigenvalue weighted by atomic mass is 10.1. The summed E-state index contributed by atoms with van der Waals surface area (Å²) in [4.78, 5) is 16.1. The highest BCUT2D eigenvalue weighted by Gasteiger charge is 2.04. The van der Waals surface area contributed by atoms with Crippen LogP contribution in [0.4, 0.5) is 5.69 Å². The van der Waals surface area contributed by atoms with Gasteiger partial charge in [0.1, 0.15) is 5.75 Å². The minimum atomic E-state index is -0.0374. The number of ketones is 1. The molecule has 0 bridgehead atoms. The predicted octanol–water partition coefficient (Wildman–Crippen LogP) is 3.68. The Bertz CT molecular complexity index is 636. The van der Waals surface area contributed by atoms with Crippen molar-refractivity contribution in [1.29, 1.82) is 0 Å². The Morgan fingerprint density at radius 2 is 2.05 bits per heavy atom. The van der Waals surface area contributed by atoms with E-state index < -0.39 is 0 Å². The number of pyridine rings is 1. The number of anilines is 1. The number of hydrogen-bond donors (Lipinski definition) is 1. The molecule has 1 aromatic carbocycles. The molecule has 4 nitrogen and oxygen atoms in total. The van der Waals surface area contributed by atoms with Crippen LogP contribution in [0.3, 0.4) is 0 Å². The first-order valence-corrected chi connectivity index (χ1v) is 6.79. The molecule has 108 valence electrons. The van der Waals surface area contributed by atoms with Gasteiger partial charge in [0, 0.05) is 41.5 Å². The van der Waals surface area contributed by atoms with E-state index in [0.29, 0.717) is 5.56 Å². The molecule has 0 atom stereocenters. The zero-order valence-electron chi connectivity index (χ0n) is 12.2. The molecule has 4 heteroatoms. The summed E-state index contributed by atoms with van der Waals surface area (Å²) in [5.41, 5.74) is 2.37. The van der Waals surface area contributed by atoms with Crippen molar-refractivity contribution in [3.8, 4) is 5.75 Å². The Hall–Kier alpha value is -2.62. The minimum Gasteiger partial charge on any atom is -0.497 e. The van der Waals surface area contributed by atoms with Gasteiger partial charge in [0.05, 0.1) is 7.11 Å². The smallest absolute Gasteiger partial charge is 0.187 e. The number of nitrogens with one attached hydrogen (secondary N) is 1. The quantitative estimate of drug-likeness (QED) is 0.648. The van der Waals surface area contributed by atoms with Gasteiger partial charge in [-0.1, -0.05) is 13.0 Å². The molecule has 0 fully saturated rings. The van der Waals surface area contributed by atoms with Gasteiger partial charge in [-0.15, -0.1) is 0 Å². The fraction of sp³-hybridized carbons (Fsp3) is 0.176. The summed E-state index contributed by atoms with van der Waals surface area (Å²) in [6.07, 6.45) is 5.58. The third kappa shape index (κ3) is 4.18. The van der Waals surface area contributed by atoms with Crippen LogP contribution in [-0.4, -0.2) is 17.9 Å². The Labute approximate surface area is 124 Å². The van der Waals surface area contributed by atoms with E-state index in [1.165, 1.54) is 0 Å². The summed E-state index contributed by atoms with van der Waals surface area (Å²) < 4.78 is 5.19. The molecule has 0 aliphatic rings. The maximum absolute atomic E-state index is 12.2. The summed E-state index contributed by atoms with van der Waals surface area (Å²) in [6, 6.07) is 11.0. The summed E-state index contributed by atoms with van der Waals surface area (Å²) in [5.74, 6) is 0.737. The molecule has 1 N–H and O–H groups in total. The van der Waals surface area contributed by atoms with Crippen LogP contribution in [-0.2, 0) is 0 Å². The second kappa shape index (κ2) is 7.24. The van der Waals surface area contributed by atoms with Crippen molar-refractivity contribution in [2.75, 3.05) is 12.4 Å². The van der Waals surface area contributed by atoms with Gasteiger partial charge in [-0.3, -0.25) is 9.78 Å². The van der Waals surface area contributed by atoms with E-state index in [-0.39, 0.29) is 5.78 Å². The zero-order chi connectivity index (χ0) is 15.1. The van der Waals surface area contributed by atoms with Gasteiger partial charge < -0.3 is 10.1 Å². The molecule has 0 aliphatic carbocycles. The zero-order valence-corrected chi connectivity index (χ0v) is 12.2. The SMILES string of the molecule is CC/C(=C/C(=O)c1ccncc1)Nc1cccc(OC)c1. The lowest BCUT2D eigenvalue weighted by Gasteiger charge is -2.10. The monoisotopic (exact) mass is 282 g/mol. The highest BCUT2D eigenvalue weighted by atomic mass is 16.5. The van der Waals surface area contributed by atoms with Crippen molar-refractivity contribution in [3.05, 3.63) is 66.1 Å². The normalized spacial score (nSPS) is 11.0. The molecule has 1 heterocycles. The van der Waals surface area contributed by atoms with Crippen LogP contribution in [0.25, 0.3) is 0 Å². The first-order chi connectivity index (χ1) is 10.2. The number of ether oxygens (including phenoxy) is 1. The van der Waals surface area contributed by atoms with Gasteiger partial charge in [-0.05, 0) is 30.7 Å². The van der Waals surface area contributed by atoms with Crippen molar-refractivity contribution < 1.29 is 9.53 Å². The van der Waals surface area contributed by atoms with E-state index in [4.69, 9.17) is 4.74 Å². The van der Waals surface area contributed by atoms with Crippen LogP contribution >= 0.6 is 0 Å². The average molecular weight is 282 g/mol. The first-order valence-electron chi connectivity index (χ1n) is 6.79. The number of methoxy groups -OCH3 is 1. The molecule has 0 amide bonds. The van der Waals surface area contributed by atoms with Gasteiger partial charge in [-0.2, -0.15) is 0 Å². The molecule has 0 saturated heterocycles. The molecular weight excluding hydrogens is 264 g/mol. The molecule has 0 saturated carbocycles. The number of hydrogen-bond acceptors (Lipinski definition) is 4. The number of carbonyl (C=O) groups is 1. The summed E-state index contributed by atoms with van der Waals surface area (Å²) in [6.45, 7) is 2.00. The number of nitrogens with zero attached hydrogens (tertiary/aromatic N) is 1. The highest BCUT2D eigenvalue weighted by molar-refractivity contribution is 6.05. The van der Waals surface area contributed by atoms with Crippen LogP contribution < -0.4 is 10.1 Å². The molecule has 0 aliphatic heterocycles. The van der Waals surface area contributed by atoms with E-state index in [0.717, 1.165) is 23.6 Å². The Kier molecular flexibility index (Phi) is 5.10. The predicted molar refractivity (Wildman–Crippen MR) is 83.6 cm³/mol. The largest absolute Gasteiger partial charge is 0.497 e. The van der Waals surface area contributed by atoms with Crippen LogP contribution in [0.5, 0.6) is 5.75 Å². The van der Waals surface area contributed by atoms with Gasteiger partial charge in [-0.25, -0.2) is 0 Å². The van der Waals surface area contributed by atoms with Crippen LogP contribution in [0.15, 0.2) is 60.6 Å². The van der Waals surface area contributed by atoms with Gasteiger partial charge in [0.2, 0.25) is 0 Å². The second-order valence-electron chi connectivity index (χ2n) is 4.48. The second-order valence-corrected chi connectivity index (χ2v) is 4.48. The van der Waals surface area contributed by atoms with E-state index in [1.807, 2.05) is 31.2 Å². The minimum absolute atomic E-state index is 0.0374. The van der Waals surface area contributed by atoms with Crippen LogP contribution in [0.1, 0.15) is 23.7 Å². The molecule has 0 spiro atoms. The maximum atomic E-state index is 12.2. The summed E-state index contributed by atoms with van der Waals surface area (Å²) in [5, 5.41) is 3.25. The van der Waals surface area contributed by atoms with E-state index >= 15 is 0 Å². The Morgan fingerprint density at radius 3 is 2.71 bits per heavy atom. The fourth-order valence-electron chi connectivity index (χ4n) is 1.87. The number of aromatic nitrogens is 1. The highest BCUT2D eigenvalue weighted by Crippen LogP contribution is 2.19. The fourth-order valence-corrected chi connectivity index (χ4v) is 1.87. The first kappa shape index (κ1) is 14.8. The topological polar surface area (TPSA) is 51.2 Å². The molecule has 21 heavy (non-hydrogen) atoms. The van der Waals surface area contributed by atoms with Crippen molar-refractivity contribution in [3.63, 3.8) is 0 Å². The molecule has 0 unspecified atom stereocenters. The summed E-state index contributed by atoms with van der Waals surface area (Å²) >= 11 is 0. The van der Waals surface area contributed by atoms with Gasteiger partial charge in [0.15, 0.2) is 5.78 Å². The average Bonchev–Trinajstić information content (AvgIpc) is 2.55. The van der Waals surface area contributed by atoms with E-state index in [1.54, 1.807) is 37.7 Å². The van der Waals surface area contributed by atoms with Gasteiger partial charge in [0.25, 0.3) is 0 Å². The maximum Gasteiger partial charge on any atom is 0.187 e. The Balaban J connectivity index is 2.15. The molecule has 2 rings (SSSR count). The van der Waals surface area contributed by atoms with Crippen LogP contribution in [0.2, 0.25) is 0 Å². The number of carbonyl (C=O) groups excluding carboxylic acids is 1. The molecule has 2 aromatic rings. The van der Waals surface area contributed by atoms with Crippen molar-refractivity contribution in [1.82, 2.24) is 4.98 Å². The lowest BCUT2D eigenvalue weighted by molar-refractivity contribution is 0.104. The number of benzene rings is 1. The van der Waals surface area contributed by atoms with E-state index in [2.05, 4.69) is 10.3 Å².